The van der Waals surface area contributed by atoms with Crippen molar-refractivity contribution in [2.45, 2.75) is 13.3 Å². The van der Waals surface area contributed by atoms with E-state index in [4.69, 9.17) is 21.1 Å². The Kier molecular flexibility index (Phi) is 5.28. The fourth-order valence-electron chi connectivity index (χ4n) is 2.19. The Labute approximate surface area is 135 Å². The molecule has 2 aromatic rings. The van der Waals surface area contributed by atoms with E-state index in [1.165, 1.54) is 0 Å². The predicted molar refractivity (Wildman–Crippen MR) is 88.3 cm³/mol. The maximum absolute atomic E-state index is 12.5. The van der Waals surface area contributed by atoms with Gasteiger partial charge < -0.3 is 14.8 Å². The molecule has 0 aliphatic carbocycles. The van der Waals surface area contributed by atoms with E-state index < -0.39 is 0 Å². The number of ether oxygens (including phenoxy) is 2. The number of amides is 1. The van der Waals surface area contributed by atoms with Gasteiger partial charge in [0, 0.05) is 16.3 Å². The Morgan fingerprint density at radius 2 is 1.82 bits per heavy atom. The van der Waals surface area contributed by atoms with Crippen LogP contribution < -0.4 is 14.8 Å². The molecule has 0 aliphatic rings. The number of carbonyl (C=O) groups excluding carboxylic acids is 1. The van der Waals surface area contributed by atoms with Crippen molar-refractivity contribution < 1.29 is 14.3 Å². The Bertz CT molecular complexity index is 686. The van der Waals surface area contributed by atoms with Crippen molar-refractivity contribution in [2.24, 2.45) is 0 Å². The molecule has 2 rings (SSSR count). The van der Waals surface area contributed by atoms with Crippen molar-refractivity contribution in [3.05, 3.63) is 52.5 Å². The van der Waals surface area contributed by atoms with Crippen LogP contribution >= 0.6 is 11.6 Å². The first-order valence-corrected chi connectivity index (χ1v) is 7.28. The van der Waals surface area contributed by atoms with Crippen molar-refractivity contribution in [1.29, 1.82) is 0 Å². The van der Waals surface area contributed by atoms with Crippen LogP contribution in [0.3, 0.4) is 0 Å². The molecule has 0 unspecified atom stereocenters. The van der Waals surface area contributed by atoms with Crippen LogP contribution in [0.4, 0.5) is 5.69 Å². The van der Waals surface area contributed by atoms with Gasteiger partial charge in [-0.1, -0.05) is 24.6 Å². The van der Waals surface area contributed by atoms with E-state index in [2.05, 4.69) is 5.32 Å². The number of rotatable bonds is 5. The minimum absolute atomic E-state index is 0.208. The highest BCUT2D eigenvalue weighted by Gasteiger charge is 2.16. The van der Waals surface area contributed by atoms with Gasteiger partial charge in [-0.2, -0.15) is 0 Å². The van der Waals surface area contributed by atoms with Gasteiger partial charge in [-0.05, 0) is 42.3 Å². The predicted octanol–water partition coefficient (Wildman–Crippen LogP) is 4.17. The van der Waals surface area contributed by atoms with Crippen LogP contribution in [0.5, 0.6) is 11.5 Å². The van der Waals surface area contributed by atoms with Gasteiger partial charge in [0.05, 0.1) is 14.2 Å². The van der Waals surface area contributed by atoms with Gasteiger partial charge in [-0.25, -0.2) is 0 Å². The lowest BCUT2D eigenvalue weighted by atomic mass is 10.0. The van der Waals surface area contributed by atoms with Gasteiger partial charge in [0.2, 0.25) is 0 Å². The quantitative estimate of drug-likeness (QED) is 0.899. The molecule has 0 fully saturated rings. The first-order chi connectivity index (χ1) is 10.6. The van der Waals surface area contributed by atoms with Crippen LogP contribution in [0.15, 0.2) is 36.4 Å². The van der Waals surface area contributed by atoms with Crippen LogP contribution in [-0.2, 0) is 6.42 Å². The van der Waals surface area contributed by atoms with Crippen molar-refractivity contribution in [1.82, 2.24) is 0 Å². The number of benzene rings is 2. The zero-order valence-electron chi connectivity index (χ0n) is 12.8. The summed E-state index contributed by atoms with van der Waals surface area (Å²) in [6.07, 6.45) is 0.707. The molecule has 116 valence electrons. The van der Waals surface area contributed by atoms with Crippen LogP contribution in [0, 0.1) is 0 Å². The van der Waals surface area contributed by atoms with Gasteiger partial charge in [0.15, 0.2) is 11.5 Å². The van der Waals surface area contributed by atoms with E-state index in [0.717, 1.165) is 5.56 Å². The molecule has 22 heavy (non-hydrogen) atoms. The number of anilines is 1. The highest BCUT2D eigenvalue weighted by Crippen LogP contribution is 2.31. The smallest absolute Gasteiger partial charge is 0.256 e. The van der Waals surface area contributed by atoms with Crippen LogP contribution in [0.1, 0.15) is 22.8 Å². The van der Waals surface area contributed by atoms with E-state index in [9.17, 15) is 4.79 Å². The molecule has 0 aromatic heterocycles. The minimum Gasteiger partial charge on any atom is -0.493 e. The summed E-state index contributed by atoms with van der Waals surface area (Å²) in [5.41, 5.74) is 2.09. The fourth-order valence-corrected chi connectivity index (χ4v) is 2.38. The largest absolute Gasteiger partial charge is 0.493 e. The molecule has 5 heteroatoms. The molecular formula is C17H18ClNO3. The maximum atomic E-state index is 12.5. The summed E-state index contributed by atoms with van der Waals surface area (Å²) >= 11 is 5.93. The van der Waals surface area contributed by atoms with E-state index in [-0.39, 0.29) is 5.91 Å². The number of halogens is 1. The molecule has 0 radical (unpaired) electrons. The van der Waals surface area contributed by atoms with Gasteiger partial charge in [0.1, 0.15) is 0 Å². The average Bonchev–Trinajstić information content (AvgIpc) is 2.53. The van der Waals surface area contributed by atoms with E-state index >= 15 is 0 Å². The molecule has 4 nitrogen and oxygen atoms in total. The average molecular weight is 320 g/mol. The molecule has 0 bridgehead atoms. The van der Waals surface area contributed by atoms with Crippen molar-refractivity contribution >= 4 is 23.2 Å². The maximum Gasteiger partial charge on any atom is 0.256 e. The number of carbonyl (C=O) groups is 1. The normalized spacial score (nSPS) is 10.2. The molecule has 1 N–H and O–H groups in total. The summed E-state index contributed by atoms with van der Waals surface area (Å²) in [7, 11) is 3.12. The number of aryl methyl sites for hydroxylation is 1. The van der Waals surface area contributed by atoms with Crippen molar-refractivity contribution in [2.75, 3.05) is 19.5 Å². The molecule has 0 saturated carbocycles. The number of hydrogen-bond donors (Lipinski definition) is 1. The monoisotopic (exact) mass is 319 g/mol. The Morgan fingerprint density at radius 3 is 2.41 bits per heavy atom. The third-order valence-corrected chi connectivity index (χ3v) is 3.55. The molecule has 0 aliphatic heterocycles. The molecule has 0 spiro atoms. The molecule has 0 saturated heterocycles. The fraction of sp³-hybridized carbons (Fsp3) is 0.235. The highest BCUT2D eigenvalue weighted by molar-refractivity contribution is 6.31. The SMILES string of the molecule is CCc1cc(OC)c(OC)cc1C(=O)Nc1cccc(Cl)c1. The van der Waals surface area contributed by atoms with E-state index in [1.807, 2.05) is 13.0 Å². The Hall–Kier alpha value is -2.20. The zero-order valence-corrected chi connectivity index (χ0v) is 13.5. The van der Waals surface area contributed by atoms with E-state index in [0.29, 0.717) is 34.2 Å². The number of hydrogen-bond acceptors (Lipinski definition) is 3. The second-order valence-corrected chi connectivity index (χ2v) is 5.12. The Balaban J connectivity index is 2.36. The second-order valence-electron chi connectivity index (χ2n) is 4.68. The summed E-state index contributed by atoms with van der Waals surface area (Å²) < 4.78 is 10.5. The molecule has 2 aromatic carbocycles. The first kappa shape index (κ1) is 16.2. The van der Waals surface area contributed by atoms with Crippen molar-refractivity contribution in [3.63, 3.8) is 0 Å². The summed E-state index contributed by atoms with van der Waals surface area (Å²) in [5.74, 6) is 0.926. The number of nitrogens with one attached hydrogen (secondary N) is 1. The van der Waals surface area contributed by atoms with Gasteiger partial charge in [-0.3, -0.25) is 4.79 Å². The summed E-state index contributed by atoms with van der Waals surface area (Å²) in [6.45, 7) is 1.98. The summed E-state index contributed by atoms with van der Waals surface area (Å²) in [6, 6.07) is 10.5. The number of methoxy groups -OCH3 is 2. The minimum atomic E-state index is -0.208. The molecule has 1 amide bonds. The lowest BCUT2D eigenvalue weighted by Gasteiger charge is -2.14. The third-order valence-electron chi connectivity index (χ3n) is 3.32. The van der Waals surface area contributed by atoms with Gasteiger partial charge in [0.25, 0.3) is 5.91 Å². The van der Waals surface area contributed by atoms with Crippen LogP contribution in [-0.4, -0.2) is 20.1 Å². The van der Waals surface area contributed by atoms with Gasteiger partial charge in [-0.15, -0.1) is 0 Å². The van der Waals surface area contributed by atoms with Crippen molar-refractivity contribution in [3.8, 4) is 11.5 Å². The van der Waals surface area contributed by atoms with E-state index in [1.54, 1.807) is 44.6 Å². The topological polar surface area (TPSA) is 47.6 Å². The van der Waals surface area contributed by atoms with Gasteiger partial charge >= 0.3 is 0 Å². The molecule has 0 atom stereocenters. The van der Waals surface area contributed by atoms with Crippen LogP contribution in [0.2, 0.25) is 5.02 Å². The lowest BCUT2D eigenvalue weighted by molar-refractivity contribution is 0.102. The third kappa shape index (κ3) is 3.52. The second kappa shape index (κ2) is 7.18. The summed E-state index contributed by atoms with van der Waals surface area (Å²) in [5, 5.41) is 3.41. The highest BCUT2D eigenvalue weighted by atomic mass is 35.5. The summed E-state index contributed by atoms with van der Waals surface area (Å²) in [4.78, 5) is 12.5. The van der Waals surface area contributed by atoms with Crippen LogP contribution in [0.25, 0.3) is 0 Å². The zero-order chi connectivity index (χ0) is 16.1. The Morgan fingerprint density at radius 1 is 1.14 bits per heavy atom. The standard InChI is InChI=1S/C17H18ClNO3/c1-4-11-8-15(21-2)16(22-3)10-14(11)17(20)19-13-7-5-6-12(18)9-13/h5-10H,4H2,1-3H3,(H,19,20). The molecule has 0 heterocycles. The lowest BCUT2D eigenvalue weighted by Crippen LogP contribution is -2.14. The first-order valence-electron chi connectivity index (χ1n) is 6.90. The molecular weight excluding hydrogens is 302 g/mol.